The summed E-state index contributed by atoms with van der Waals surface area (Å²) >= 11 is 0. The lowest BCUT2D eigenvalue weighted by Crippen LogP contribution is -2.13. The van der Waals surface area contributed by atoms with Gasteiger partial charge >= 0.3 is 5.97 Å². The largest absolute Gasteiger partial charge is 0.426 e. The zero-order chi connectivity index (χ0) is 15.1. The van der Waals surface area contributed by atoms with Gasteiger partial charge in [-0.3, -0.25) is 4.79 Å². The quantitative estimate of drug-likeness (QED) is 0.794. The Bertz CT molecular complexity index is 975. The molecule has 2 heteroatoms. The average molecular weight is 288 g/mol. The van der Waals surface area contributed by atoms with Crippen LogP contribution in [-0.4, -0.2) is 5.97 Å². The van der Waals surface area contributed by atoms with Gasteiger partial charge in [-0.15, -0.1) is 0 Å². The van der Waals surface area contributed by atoms with Crippen molar-refractivity contribution in [2.75, 3.05) is 0 Å². The van der Waals surface area contributed by atoms with Gasteiger partial charge in [-0.2, -0.15) is 0 Å². The van der Waals surface area contributed by atoms with Gasteiger partial charge in [0, 0.05) is 11.6 Å². The molecule has 0 aromatic heterocycles. The highest BCUT2D eigenvalue weighted by atomic mass is 16.5. The van der Waals surface area contributed by atoms with Gasteiger partial charge in [-0.25, -0.2) is 0 Å². The van der Waals surface area contributed by atoms with Gasteiger partial charge in [0.1, 0.15) is 5.76 Å². The molecule has 22 heavy (non-hydrogen) atoms. The standard InChI is InChI=1S/C20H16O2/c1-2-20(21)22-19-12-11-17-16-8-7-13-5-3-4-6-14(13)15(16)9-10-18(17)19/h4-12H,2-3H2,1H3. The Kier molecular flexibility index (Phi) is 2.97. The first kappa shape index (κ1) is 13.1. The number of carbonyl (C=O) groups is 1. The fourth-order valence-electron chi connectivity index (χ4n) is 3.14. The number of esters is 1. The van der Waals surface area contributed by atoms with Gasteiger partial charge in [0.2, 0.25) is 0 Å². The first-order valence-electron chi connectivity index (χ1n) is 7.63. The third kappa shape index (κ3) is 1.92. The minimum absolute atomic E-state index is 0.199. The zero-order valence-electron chi connectivity index (χ0n) is 12.4. The van der Waals surface area contributed by atoms with Gasteiger partial charge < -0.3 is 4.74 Å². The molecule has 2 aromatic rings. The van der Waals surface area contributed by atoms with Crippen LogP contribution in [0.5, 0.6) is 0 Å². The third-order valence-corrected chi connectivity index (χ3v) is 4.26. The monoisotopic (exact) mass is 288 g/mol. The minimum atomic E-state index is -0.199. The maximum Gasteiger partial charge on any atom is 0.310 e. The Morgan fingerprint density at radius 3 is 2.73 bits per heavy atom. The number of carbonyl (C=O) groups excluding carboxylic acids is 1. The molecule has 0 saturated carbocycles. The second kappa shape index (κ2) is 4.99. The topological polar surface area (TPSA) is 26.3 Å². The van der Waals surface area contributed by atoms with Crippen molar-refractivity contribution in [3.63, 3.8) is 0 Å². The number of ether oxygens (including phenoxy) is 1. The normalized spacial score (nSPS) is 14.7. The highest BCUT2D eigenvalue weighted by Gasteiger charge is 2.14. The molecule has 2 nitrogen and oxygen atoms in total. The van der Waals surface area contributed by atoms with Crippen molar-refractivity contribution in [3.8, 4) is 0 Å². The summed E-state index contributed by atoms with van der Waals surface area (Å²) in [6.07, 6.45) is 11.9. The van der Waals surface area contributed by atoms with E-state index < -0.39 is 0 Å². The van der Waals surface area contributed by atoms with E-state index >= 15 is 0 Å². The Balaban J connectivity index is 1.98. The Morgan fingerprint density at radius 2 is 1.86 bits per heavy atom. The molecule has 2 aromatic carbocycles. The summed E-state index contributed by atoms with van der Waals surface area (Å²) < 4.78 is 5.42. The highest BCUT2D eigenvalue weighted by Crippen LogP contribution is 2.25. The molecule has 2 aliphatic carbocycles. The Labute approximate surface area is 128 Å². The predicted octanol–water partition coefficient (Wildman–Crippen LogP) is 3.13. The van der Waals surface area contributed by atoms with Crippen LogP contribution in [0, 0.1) is 0 Å². The number of allylic oxidation sites excluding steroid dienone is 1. The number of rotatable bonds is 2. The van der Waals surface area contributed by atoms with Crippen molar-refractivity contribution < 1.29 is 9.53 Å². The van der Waals surface area contributed by atoms with Gasteiger partial charge in [0.05, 0.1) is 0 Å². The summed E-state index contributed by atoms with van der Waals surface area (Å²) in [7, 11) is 0. The Hall–Kier alpha value is -2.61. The van der Waals surface area contributed by atoms with E-state index in [1.165, 1.54) is 21.6 Å². The molecule has 0 aliphatic heterocycles. The van der Waals surface area contributed by atoms with Gasteiger partial charge in [0.25, 0.3) is 0 Å². The molecule has 0 amide bonds. The van der Waals surface area contributed by atoms with Crippen LogP contribution in [0.3, 0.4) is 0 Å². The van der Waals surface area contributed by atoms with Crippen LogP contribution >= 0.6 is 0 Å². The van der Waals surface area contributed by atoms with Gasteiger partial charge in [-0.05, 0) is 51.8 Å². The van der Waals surface area contributed by atoms with Crippen molar-refractivity contribution in [1.29, 1.82) is 0 Å². The molecule has 0 N–H and O–H groups in total. The molecule has 108 valence electrons. The van der Waals surface area contributed by atoms with Crippen molar-refractivity contribution in [2.45, 2.75) is 19.8 Å². The molecule has 4 rings (SSSR count). The molecule has 0 heterocycles. The molecular weight excluding hydrogens is 272 g/mol. The fourth-order valence-corrected chi connectivity index (χ4v) is 3.14. The van der Waals surface area contributed by atoms with Crippen LogP contribution in [-0.2, 0) is 9.53 Å². The number of benzene rings is 2. The van der Waals surface area contributed by atoms with Crippen LogP contribution in [0.15, 0.2) is 36.4 Å². The molecular formula is C20H16O2. The summed E-state index contributed by atoms with van der Waals surface area (Å²) in [5, 5.41) is 4.74. The van der Waals surface area contributed by atoms with Crippen molar-refractivity contribution in [3.05, 3.63) is 58.0 Å². The Morgan fingerprint density at radius 1 is 1.05 bits per heavy atom. The fraction of sp³-hybridized carbons (Fsp3) is 0.150. The van der Waals surface area contributed by atoms with Crippen molar-refractivity contribution in [2.24, 2.45) is 0 Å². The van der Waals surface area contributed by atoms with E-state index in [1.807, 2.05) is 12.2 Å². The maximum atomic E-state index is 11.5. The van der Waals surface area contributed by atoms with E-state index in [9.17, 15) is 4.79 Å². The molecule has 0 radical (unpaired) electrons. The molecule has 0 spiro atoms. The smallest absolute Gasteiger partial charge is 0.310 e. The van der Waals surface area contributed by atoms with E-state index in [0.717, 1.165) is 17.2 Å². The molecule has 0 atom stereocenters. The van der Waals surface area contributed by atoms with E-state index in [2.05, 4.69) is 42.5 Å². The first-order valence-corrected chi connectivity index (χ1v) is 7.63. The second-order valence-corrected chi connectivity index (χ2v) is 5.56. The minimum Gasteiger partial charge on any atom is -0.426 e. The predicted molar refractivity (Wildman–Crippen MR) is 90.1 cm³/mol. The summed E-state index contributed by atoms with van der Waals surface area (Å²) in [5.74, 6) is 0.458. The molecule has 0 fully saturated rings. The highest BCUT2D eigenvalue weighted by molar-refractivity contribution is 5.99. The third-order valence-electron chi connectivity index (χ3n) is 4.26. The second-order valence-electron chi connectivity index (χ2n) is 5.56. The van der Waals surface area contributed by atoms with E-state index in [1.54, 1.807) is 6.92 Å². The average Bonchev–Trinajstić information content (AvgIpc) is 2.97. The lowest BCUT2D eigenvalue weighted by atomic mass is 9.95. The lowest BCUT2D eigenvalue weighted by molar-refractivity contribution is -0.136. The van der Waals surface area contributed by atoms with Gasteiger partial charge in [-0.1, -0.05) is 43.4 Å². The van der Waals surface area contributed by atoms with Gasteiger partial charge in [0.15, 0.2) is 0 Å². The summed E-state index contributed by atoms with van der Waals surface area (Å²) in [6.45, 7) is 1.80. The van der Waals surface area contributed by atoms with Crippen molar-refractivity contribution >= 4 is 40.7 Å². The van der Waals surface area contributed by atoms with Crippen LogP contribution in [0.2, 0.25) is 0 Å². The number of hydrogen-bond acceptors (Lipinski definition) is 2. The zero-order valence-corrected chi connectivity index (χ0v) is 12.4. The maximum absolute atomic E-state index is 11.5. The lowest BCUT2D eigenvalue weighted by Gasteiger charge is -2.09. The van der Waals surface area contributed by atoms with Crippen LogP contribution in [0.4, 0.5) is 0 Å². The van der Waals surface area contributed by atoms with Crippen molar-refractivity contribution in [1.82, 2.24) is 0 Å². The molecule has 0 unspecified atom stereocenters. The summed E-state index contributed by atoms with van der Waals surface area (Å²) in [5.41, 5.74) is 2.41. The number of fused-ring (bicyclic) bond motifs is 5. The SMILES string of the molecule is CCC(=O)OC1=c2ccc3c4c(ccc3c2C=C1)=CCC=C4. The number of hydrogen-bond donors (Lipinski definition) is 0. The van der Waals surface area contributed by atoms with E-state index in [4.69, 9.17) is 4.74 Å². The molecule has 0 saturated heterocycles. The van der Waals surface area contributed by atoms with E-state index in [0.29, 0.717) is 12.2 Å². The first-order chi connectivity index (χ1) is 10.8. The summed E-state index contributed by atoms with van der Waals surface area (Å²) in [6, 6.07) is 8.52. The van der Waals surface area contributed by atoms with Crippen LogP contribution in [0.1, 0.15) is 30.9 Å². The van der Waals surface area contributed by atoms with Crippen LogP contribution in [0.25, 0.3) is 34.8 Å². The molecule has 2 aliphatic rings. The van der Waals surface area contributed by atoms with E-state index in [-0.39, 0.29) is 5.97 Å². The summed E-state index contributed by atoms with van der Waals surface area (Å²) in [4.78, 5) is 11.5. The van der Waals surface area contributed by atoms with Crippen LogP contribution < -0.4 is 10.4 Å². The molecule has 0 bridgehead atoms.